The summed E-state index contributed by atoms with van der Waals surface area (Å²) in [5, 5.41) is 9.66. The average Bonchev–Trinajstić information content (AvgIpc) is 3.59. The Morgan fingerprint density at radius 1 is 0.397 bits per heavy atom. The van der Waals surface area contributed by atoms with Gasteiger partial charge in [0.2, 0.25) is 0 Å². The number of nitriles is 1. The van der Waals surface area contributed by atoms with Gasteiger partial charge in [0.25, 0.3) is 0 Å². The molecule has 8 aromatic carbocycles. The van der Waals surface area contributed by atoms with Gasteiger partial charge in [0.15, 0.2) is 5.82 Å². The second kappa shape index (κ2) is 13.7. The molecule has 1 aromatic heterocycles. The van der Waals surface area contributed by atoms with Gasteiger partial charge in [-0.05, 0) is 98.1 Å². The van der Waals surface area contributed by atoms with Crippen molar-refractivity contribution < 1.29 is 0 Å². The summed E-state index contributed by atoms with van der Waals surface area (Å²) >= 11 is 1.85. The SMILES string of the molecule is N#Cc1ccc(-c2cccc3c2-c2cc(-c4nc(-c5ccccc5)cc(-c5cccc(-c6ccccc6)c5)n4)ccc2C32c3ccccc3Sc3ccccc32)cc1. The largest absolute Gasteiger partial charge is 0.228 e. The van der Waals surface area contributed by atoms with Crippen LogP contribution < -0.4 is 0 Å². The van der Waals surface area contributed by atoms with Crippen LogP contribution in [0.15, 0.2) is 210 Å². The summed E-state index contributed by atoms with van der Waals surface area (Å²) in [6.07, 6.45) is 0. The normalized spacial score (nSPS) is 12.9. The zero-order chi connectivity index (χ0) is 38.6. The predicted octanol–water partition coefficient (Wildman–Crippen LogP) is 13.5. The highest BCUT2D eigenvalue weighted by atomic mass is 32.2. The maximum atomic E-state index is 9.66. The first-order valence-electron chi connectivity index (χ1n) is 19.5. The molecular weight excluding hydrogens is 723 g/mol. The van der Waals surface area contributed by atoms with Crippen LogP contribution in [-0.4, -0.2) is 9.97 Å². The Morgan fingerprint density at radius 3 is 1.67 bits per heavy atom. The van der Waals surface area contributed by atoms with Crippen molar-refractivity contribution in [1.29, 1.82) is 5.26 Å². The van der Waals surface area contributed by atoms with E-state index in [1.54, 1.807) is 0 Å². The van der Waals surface area contributed by atoms with Crippen LogP contribution in [0.1, 0.15) is 27.8 Å². The number of hydrogen-bond donors (Lipinski definition) is 0. The van der Waals surface area contributed by atoms with Crippen LogP contribution in [0.25, 0.3) is 67.3 Å². The van der Waals surface area contributed by atoms with Crippen LogP contribution in [0.4, 0.5) is 0 Å². The number of nitrogens with zero attached hydrogens (tertiary/aromatic N) is 3. The molecule has 2 aliphatic rings. The average molecular weight is 756 g/mol. The minimum atomic E-state index is -0.542. The van der Waals surface area contributed by atoms with Crippen LogP contribution >= 0.6 is 11.8 Å². The molecule has 4 heteroatoms. The lowest BCUT2D eigenvalue weighted by molar-refractivity contribution is 0.722. The van der Waals surface area contributed by atoms with E-state index in [0.717, 1.165) is 55.9 Å². The fourth-order valence-electron chi connectivity index (χ4n) is 9.03. The number of rotatable bonds is 5. The van der Waals surface area contributed by atoms with Gasteiger partial charge in [0.05, 0.1) is 28.4 Å². The van der Waals surface area contributed by atoms with Crippen LogP contribution in [0, 0.1) is 11.3 Å². The third-order valence-electron chi connectivity index (χ3n) is 11.6. The summed E-state index contributed by atoms with van der Waals surface area (Å²) in [6, 6.07) is 73.2. The Hall–Kier alpha value is -7.32. The summed E-state index contributed by atoms with van der Waals surface area (Å²) < 4.78 is 0. The maximum Gasteiger partial charge on any atom is 0.160 e. The van der Waals surface area contributed by atoms with Crippen molar-refractivity contribution in [2.45, 2.75) is 15.2 Å². The van der Waals surface area contributed by atoms with Gasteiger partial charge in [-0.3, -0.25) is 0 Å². The molecule has 1 aliphatic heterocycles. The first-order chi connectivity index (χ1) is 28.7. The highest BCUT2D eigenvalue weighted by Crippen LogP contribution is 2.63. The molecule has 270 valence electrons. The molecule has 1 aliphatic carbocycles. The van der Waals surface area contributed by atoms with Gasteiger partial charge in [-0.2, -0.15) is 5.26 Å². The Kier molecular flexibility index (Phi) is 8.03. The van der Waals surface area contributed by atoms with Gasteiger partial charge in [-0.25, -0.2) is 9.97 Å². The van der Waals surface area contributed by atoms with Crippen molar-refractivity contribution in [3.05, 3.63) is 228 Å². The monoisotopic (exact) mass is 755 g/mol. The maximum absolute atomic E-state index is 9.66. The van der Waals surface area contributed by atoms with E-state index in [9.17, 15) is 5.26 Å². The third kappa shape index (κ3) is 5.36. The third-order valence-corrected chi connectivity index (χ3v) is 12.8. The van der Waals surface area contributed by atoms with Crippen molar-refractivity contribution in [2.24, 2.45) is 0 Å². The number of hydrogen-bond acceptors (Lipinski definition) is 4. The van der Waals surface area contributed by atoms with E-state index >= 15 is 0 Å². The van der Waals surface area contributed by atoms with Gasteiger partial charge in [-0.15, -0.1) is 0 Å². The van der Waals surface area contributed by atoms with E-state index in [1.165, 1.54) is 37.6 Å². The van der Waals surface area contributed by atoms with Crippen molar-refractivity contribution >= 4 is 11.8 Å². The standard InChI is InChI=1S/C54H33N3S/c55-34-35-25-27-37(28-26-35)42-19-12-22-47-52(42)43-32-41(29-30-44(43)54(47)45-20-7-9-23-50(45)58-51-24-10-8-21-46(51)54)53-56-48(38-15-5-2-6-16-38)33-49(57-53)40-18-11-17-39(31-40)36-13-3-1-4-14-36/h1-33H. The molecule has 0 unspecified atom stereocenters. The van der Waals surface area contributed by atoms with Crippen LogP contribution in [-0.2, 0) is 5.41 Å². The molecule has 0 fully saturated rings. The van der Waals surface area contributed by atoms with E-state index in [-0.39, 0.29) is 0 Å². The van der Waals surface area contributed by atoms with Gasteiger partial charge in [-0.1, -0.05) is 169 Å². The molecule has 3 nitrogen and oxygen atoms in total. The molecule has 58 heavy (non-hydrogen) atoms. The highest BCUT2D eigenvalue weighted by Gasteiger charge is 2.50. The van der Waals surface area contributed by atoms with Gasteiger partial charge in [0.1, 0.15) is 0 Å². The van der Waals surface area contributed by atoms with Crippen molar-refractivity contribution in [3.8, 4) is 73.4 Å². The Morgan fingerprint density at radius 2 is 0.966 bits per heavy atom. The molecule has 0 amide bonds. The van der Waals surface area contributed by atoms with Crippen molar-refractivity contribution in [2.75, 3.05) is 0 Å². The van der Waals surface area contributed by atoms with Crippen LogP contribution in [0.3, 0.4) is 0 Å². The van der Waals surface area contributed by atoms with E-state index in [0.29, 0.717) is 11.4 Å². The second-order valence-electron chi connectivity index (χ2n) is 14.8. The molecule has 9 aromatic rings. The zero-order valence-electron chi connectivity index (χ0n) is 31.3. The summed E-state index contributed by atoms with van der Waals surface area (Å²) in [4.78, 5) is 13.2. The molecule has 0 atom stereocenters. The number of aromatic nitrogens is 2. The lowest BCUT2D eigenvalue weighted by Crippen LogP contribution is -2.31. The van der Waals surface area contributed by atoms with Crippen molar-refractivity contribution in [1.82, 2.24) is 9.97 Å². The molecule has 0 radical (unpaired) electrons. The molecule has 1 spiro atoms. The van der Waals surface area contributed by atoms with E-state index in [1.807, 2.05) is 36.0 Å². The minimum absolute atomic E-state index is 0.542. The topological polar surface area (TPSA) is 49.6 Å². The Labute approximate surface area is 342 Å². The Balaban J connectivity index is 1.17. The second-order valence-corrected chi connectivity index (χ2v) is 15.9. The summed E-state index contributed by atoms with van der Waals surface area (Å²) in [5.74, 6) is 0.669. The molecule has 11 rings (SSSR count). The predicted molar refractivity (Wildman–Crippen MR) is 235 cm³/mol. The first-order valence-corrected chi connectivity index (χ1v) is 20.3. The lowest BCUT2D eigenvalue weighted by Gasteiger charge is -2.39. The molecular formula is C54H33N3S. The Bertz CT molecular complexity index is 3050. The van der Waals surface area contributed by atoms with Gasteiger partial charge in [0, 0.05) is 26.5 Å². The molecule has 0 saturated heterocycles. The lowest BCUT2D eigenvalue weighted by atomic mass is 9.67. The quantitative estimate of drug-likeness (QED) is 0.175. The fraction of sp³-hybridized carbons (Fsp3) is 0.0185. The van der Waals surface area contributed by atoms with Crippen molar-refractivity contribution in [3.63, 3.8) is 0 Å². The molecule has 0 bridgehead atoms. The summed E-state index contributed by atoms with van der Waals surface area (Å²) in [5.41, 5.74) is 16.7. The van der Waals surface area contributed by atoms with Gasteiger partial charge >= 0.3 is 0 Å². The molecule has 0 saturated carbocycles. The van der Waals surface area contributed by atoms with Gasteiger partial charge < -0.3 is 0 Å². The number of benzene rings is 8. The summed E-state index contributed by atoms with van der Waals surface area (Å²) in [7, 11) is 0. The minimum Gasteiger partial charge on any atom is -0.228 e. The molecule has 0 N–H and O–H groups in total. The summed E-state index contributed by atoms with van der Waals surface area (Å²) in [6.45, 7) is 0. The first kappa shape index (κ1) is 34.0. The number of fused-ring (bicyclic) bond motifs is 9. The van der Waals surface area contributed by atoms with E-state index in [2.05, 4.69) is 182 Å². The van der Waals surface area contributed by atoms with E-state index < -0.39 is 5.41 Å². The molecule has 2 heterocycles. The fourth-order valence-corrected chi connectivity index (χ4v) is 10.2. The van der Waals surface area contributed by atoms with Crippen LogP contribution in [0.2, 0.25) is 0 Å². The zero-order valence-corrected chi connectivity index (χ0v) is 32.1. The highest BCUT2D eigenvalue weighted by molar-refractivity contribution is 7.99. The smallest absolute Gasteiger partial charge is 0.160 e. The van der Waals surface area contributed by atoms with E-state index in [4.69, 9.17) is 9.97 Å². The van der Waals surface area contributed by atoms with Crippen LogP contribution in [0.5, 0.6) is 0 Å².